The largest absolute Gasteiger partial charge is 0.507 e. The Kier molecular flexibility index (Phi) is 14.7. The molecule has 11 rings (SSSR count). The highest BCUT2D eigenvalue weighted by atomic mass is 35.5. The number of piperidine rings is 1. The first-order valence-corrected chi connectivity index (χ1v) is 26.9. The summed E-state index contributed by atoms with van der Waals surface area (Å²) in [4.78, 5) is 51.9. The summed E-state index contributed by atoms with van der Waals surface area (Å²) in [6.45, 7) is 7.15. The van der Waals surface area contributed by atoms with Crippen LogP contribution in [0, 0.1) is 11.7 Å². The average Bonchev–Trinajstić information content (AvgIpc) is 4.12. The van der Waals surface area contributed by atoms with E-state index in [0.717, 1.165) is 89.2 Å². The maximum absolute atomic E-state index is 14.3. The number of hydrogen-bond acceptors (Lipinski definition) is 16. The van der Waals surface area contributed by atoms with Gasteiger partial charge in [-0.25, -0.2) is 14.4 Å². The number of anilines is 3. The van der Waals surface area contributed by atoms with Crippen molar-refractivity contribution in [3.05, 3.63) is 113 Å². The Balaban J connectivity index is 0.645. The number of benzene rings is 3. The van der Waals surface area contributed by atoms with Crippen molar-refractivity contribution in [3.8, 4) is 39.8 Å². The molecule has 0 spiro atoms. The van der Waals surface area contributed by atoms with E-state index in [1.807, 2.05) is 44.4 Å². The van der Waals surface area contributed by atoms with Crippen LogP contribution in [-0.4, -0.2) is 126 Å². The molecule has 76 heavy (non-hydrogen) atoms. The van der Waals surface area contributed by atoms with Crippen molar-refractivity contribution >= 4 is 40.9 Å². The maximum atomic E-state index is 14.3. The number of carbonyl (C=O) groups is 2. The number of halogens is 2. The Hall–Kier alpha value is -7.09. The molecular formula is C56H63ClFN11O7. The lowest BCUT2D eigenvalue weighted by Gasteiger charge is -2.42. The molecule has 5 atom stereocenters. The number of para-hydroxylation sites is 1. The zero-order valence-electron chi connectivity index (χ0n) is 42.5. The van der Waals surface area contributed by atoms with Gasteiger partial charge in [0.25, 0.3) is 11.8 Å². The van der Waals surface area contributed by atoms with E-state index in [4.69, 9.17) is 41.4 Å². The van der Waals surface area contributed by atoms with Gasteiger partial charge in [-0.1, -0.05) is 67.9 Å². The topological polar surface area (TPSA) is 222 Å². The molecule has 5 aliphatic rings. The van der Waals surface area contributed by atoms with E-state index in [2.05, 4.69) is 35.5 Å². The number of phenols is 1. The molecule has 1 aliphatic carbocycles. The number of nitrogens with two attached hydrogens (primary N) is 1. The summed E-state index contributed by atoms with van der Waals surface area (Å²) in [5.74, 6) is -0.339. The van der Waals surface area contributed by atoms with E-state index in [-0.39, 0.29) is 65.3 Å². The Morgan fingerprint density at radius 3 is 2.21 bits per heavy atom. The quantitative estimate of drug-likeness (QED) is 0.0761. The van der Waals surface area contributed by atoms with E-state index >= 15 is 0 Å². The van der Waals surface area contributed by atoms with Gasteiger partial charge in [-0.05, 0) is 129 Å². The van der Waals surface area contributed by atoms with Gasteiger partial charge in [0.2, 0.25) is 11.9 Å². The minimum Gasteiger partial charge on any atom is -0.507 e. The molecule has 4 aliphatic heterocycles. The molecule has 18 nitrogen and oxygen atoms in total. The van der Waals surface area contributed by atoms with Crippen LogP contribution >= 0.6 is 11.6 Å². The van der Waals surface area contributed by atoms with Crippen molar-refractivity contribution < 1.29 is 38.3 Å². The maximum Gasteiger partial charge on any atom is 0.275 e. The highest BCUT2D eigenvalue weighted by molar-refractivity contribution is 6.32. The molecule has 5 N–H and O–H groups in total. The number of nitrogens with one attached hydrogen (secondary N) is 1. The lowest BCUT2D eigenvalue weighted by atomic mass is 9.87. The van der Waals surface area contributed by atoms with Gasteiger partial charge in [-0.15, -0.1) is 10.2 Å². The van der Waals surface area contributed by atoms with Gasteiger partial charge in [0.15, 0.2) is 17.3 Å². The number of nitrogen functional groups attached to an aromatic ring is 1. The van der Waals surface area contributed by atoms with Gasteiger partial charge in [-0.3, -0.25) is 9.59 Å². The SMILES string of the molecule is CC(C)[C@@H](C(=O)N1C[C@H](O)C[C@H]1C(=O)NOc1ccc(-c2ccccc2F)cc1)c1onc(O[C@H]2CC[C@H](N3CCC(c4cnc(N5C6CCC5CN(c5cc(-c7ccccc7O)nnc5N)C6)nc4)CC3)CC2)c1Cl. The number of phenolic OH excluding ortho intramolecular Hbond substituents is 1. The van der Waals surface area contributed by atoms with E-state index < -0.39 is 29.9 Å². The highest BCUT2D eigenvalue weighted by Crippen LogP contribution is 2.42. The minimum absolute atomic E-state index is 0.0111. The van der Waals surface area contributed by atoms with Crippen LogP contribution in [0.3, 0.4) is 0 Å². The summed E-state index contributed by atoms with van der Waals surface area (Å²) in [5.41, 5.74) is 13.1. The van der Waals surface area contributed by atoms with Crippen molar-refractivity contribution in [1.29, 1.82) is 0 Å². The van der Waals surface area contributed by atoms with E-state index in [1.165, 1.54) is 16.5 Å². The molecule has 1 saturated carbocycles. The predicted molar refractivity (Wildman–Crippen MR) is 283 cm³/mol. The number of fused-ring (bicyclic) bond motifs is 2. The number of hydroxylamine groups is 1. The lowest BCUT2D eigenvalue weighted by Crippen LogP contribution is -2.54. The van der Waals surface area contributed by atoms with Crippen LogP contribution in [-0.2, 0) is 9.59 Å². The molecule has 5 fully saturated rings. The van der Waals surface area contributed by atoms with Crippen molar-refractivity contribution in [3.63, 3.8) is 0 Å². The van der Waals surface area contributed by atoms with Crippen LogP contribution in [0.1, 0.15) is 94.8 Å². The molecule has 3 aromatic carbocycles. The third kappa shape index (κ3) is 10.4. The van der Waals surface area contributed by atoms with Crippen LogP contribution in [0.2, 0.25) is 5.02 Å². The number of aromatic hydroxyl groups is 1. The summed E-state index contributed by atoms with van der Waals surface area (Å²) >= 11 is 6.91. The summed E-state index contributed by atoms with van der Waals surface area (Å²) in [6, 6.07) is 21.9. The number of rotatable bonds is 14. The fourth-order valence-corrected chi connectivity index (χ4v) is 12.4. The number of hydrogen-bond donors (Lipinski definition) is 4. The summed E-state index contributed by atoms with van der Waals surface area (Å²) < 4.78 is 26.5. The number of likely N-dealkylation sites (tertiary alicyclic amines) is 2. The summed E-state index contributed by atoms with van der Waals surface area (Å²) in [7, 11) is 0. The smallest absolute Gasteiger partial charge is 0.275 e. The molecule has 3 aromatic heterocycles. The van der Waals surface area contributed by atoms with Crippen molar-refractivity contribution in [1.82, 2.24) is 40.6 Å². The van der Waals surface area contributed by atoms with Gasteiger partial charge in [0, 0.05) is 67.7 Å². The first kappa shape index (κ1) is 51.0. The van der Waals surface area contributed by atoms with Crippen molar-refractivity contribution in [2.75, 3.05) is 48.3 Å². The molecule has 2 amide bonds. The molecule has 7 heterocycles. The van der Waals surface area contributed by atoms with Gasteiger partial charge >= 0.3 is 0 Å². The lowest BCUT2D eigenvalue weighted by molar-refractivity contribution is -0.143. The number of nitrogens with zero attached hydrogens (tertiary/aromatic N) is 9. The van der Waals surface area contributed by atoms with E-state index in [0.29, 0.717) is 45.9 Å². The van der Waals surface area contributed by atoms with Crippen molar-refractivity contribution in [2.24, 2.45) is 5.92 Å². The van der Waals surface area contributed by atoms with Gasteiger partial charge < -0.3 is 49.6 Å². The summed E-state index contributed by atoms with van der Waals surface area (Å²) in [6.07, 6.45) is 10.7. The number of piperazine rings is 1. The van der Waals surface area contributed by atoms with Crippen LogP contribution in [0.25, 0.3) is 22.4 Å². The van der Waals surface area contributed by atoms with Crippen LogP contribution < -0.4 is 30.6 Å². The fraction of sp³-hybridized carbons (Fsp3) is 0.446. The Morgan fingerprint density at radius 1 is 0.855 bits per heavy atom. The second-order valence-electron chi connectivity index (χ2n) is 21.2. The highest BCUT2D eigenvalue weighted by Gasteiger charge is 2.46. The van der Waals surface area contributed by atoms with Gasteiger partial charge in [0.05, 0.1) is 17.5 Å². The Bertz CT molecular complexity index is 3010. The number of aliphatic hydroxyl groups excluding tert-OH is 1. The molecular weight excluding hydrogens is 993 g/mol. The molecule has 20 heteroatoms. The predicted octanol–water partition coefficient (Wildman–Crippen LogP) is 7.91. The molecule has 0 radical (unpaired) electrons. The third-order valence-electron chi connectivity index (χ3n) is 16.2. The van der Waals surface area contributed by atoms with Crippen molar-refractivity contribution in [2.45, 2.75) is 120 Å². The number of ether oxygens (including phenoxy) is 1. The first-order chi connectivity index (χ1) is 36.9. The van der Waals surface area contributed by atoms with Crippen LogP contribution in [0.15, 0.2) is 95.8 Å². The number of aliphatic hydroxyl groups is 1. The van der Waals surface area contributed by atoms with Gasteiger partial charge in [0.1, 0.15) is 34.7 Å². The van der Waals surface area contributed by atoms with Crippen LogP contribution in [0.5, 0.6) is 17.4 Å². The molecule has 4 saturated heterocycles. The zero-order valence-corrected chi connectivity index (χ0v) is 43.3. The van der Waals surface area contributed by atoms with E-state index in [1.54, 1.807) is 54.6 Å². The normalized spacial score (nSPS) is 23.5. The number of aromatic nitrogens is 5. The molecule has 2 unspecified atom stereocenters. The first-order valence-electron chi connectivity index (χ1n) is 26.5. The van der Waals surface area contributed by atoms with Gasteiger partial charge in [-0.2, -0.15) is 5.48 Å². The minimum atomic E-state index is -1.03. The fourth-order valence-electron chi connectivity index (χ4n) is 12.2. The molecule has 6 aromatic rings. The second kappa shape index (κ2) is 21.9. The Labute approximate surface area is 445 Å². The Morgan fingerprint density at radius 2 is 1.53 bits per heavy atom. The number of amides is 2. The second-order valence-corrected chi connectivity index (χ2v) is 21.6. The number of carbonyl (C=O) groups excluding carboxylic acids is 2. The third-order valence-corrected chi connectivity index (χ3v) is 16.5. The molecule has 2 bridgehead atoms. The molecule has 398 valence electrons. The average molecular weight is 1060 g/mol. The summed E-state index contributed by atoms with van der Waals surface area (Å²) in [5, 5.41) is 34.0. The monoisotopic (exact) mass is 1060 g/mol. The standard InChI is InChI=1S/C56H63ClFN11O7/c1-32(2)49(55(73)68-31-39(70)25-47(68)53(72)64-75-41-17-11-34(12-18-41)42-7-3-5-9-44(42)58)51-50(57)54(65-76-51)74-40-19-15-36(16-20-40)66-23-21-33(22-24-66)35-27-60-56(61-28-35)69-37-13-14-38(69)30-67(29-37)46-26-45(62-63-52(46)59)43-8-4-6-10-48(43)71/h3-12,17-18,26-28,32-33,36-40,47,49,70-71H,13-16,19-25,29-31H2,1-2H3,(H2,59,63)(H,64,72)/t36-,37?,38?,39-,40-,47+,49-/m1/s1. The number of β-amino-alcohol motifs (C(OH)–C–C–N with tert-alkyl or cyclic N) is 1. The zero-order chi connectivity index (χ0) is 52.6. The van der Waals surface area contributed by atoms with E-state index in [9.17, 15) is 24.2 Å². The van der Waals surface area contributed by atoms with Crippen LogP contribution in [0.4, 0.5) is 21.8 Å².